The minimum absolute atomic E-state index is 0.0482. The third kappa shape index (κ3) is 4.51. The highest BCUT2D eigenvalue weighted by atomic mass is 32.2. The van der Waals surface area contributed by atoms with Gasteiger partial charge in [-0.3, -0.25) is 14.5 Å². The van der Waals surface area contributed by atoms with E-state index in [9.17, 15) is 24.3 Å². The van der Waals surface area contributed by atoms with Crippen molar-refractivity contribution in [2.24, 2.45) is 5.16 Å². The van der Waals surface area contributed by atoms with Gasteiger partial charge in [-0.1, -0.05) is 5.16 Å². The Morgan fingerprint density at radius 1 is 1.39 bits per heavy atom. The fraction of sp³-hybridized carbons (Fsp3) is 0.444. The first-order chi connectivity index (χ1) is 15.8. The summed E-state index contributed by atoms with van der Waals surface area (Å²) in [7, 11) is 0. The number of carbonyl (C=O) groups is 4. The Balaban J connectivity index is 1.52. The number of amides is 2. The zero-order chi connectivity index (χ0) is 23.7. The van der Waals surface area contributed by atoms with Gasteiger partial charge in [0, 0.05) is 17.7 Å². The lowest BCUT2D eigenvalue weighted by Gasteiger charge is -2.49. The molecule has 0 aliphatic carbocycles. The molecule has 1 aromatic heterocycles. The van der Waals surface area contributed by atoms with Crippen LogP contribution in [-0.4, -0.2) is 86.0 Å². The summed E-state index contributed by atoms with van der Waals surface area (Å²) in [6.07, 6.45) is 1.16. The highest BCUT2D eigenvalue weighted by Crippen LogP contribution is 2.42. The van der Waals surface area contributed by atoms with Gasteiger partial charge in [0.15, 0.2) is 10.8 Å². The molecule has 3 aliphatic heterocycles. The molecule has 5 N–H and O–H groups in total. The van der Waals surface area contributed by atoms with Gasteiger partial charge in [0.05, 0.1) is 6.10 Å². The molecule has 2 fully saturated rings. The van der Waals surface area contributed by atoms with Crippen molar-refractivity contribution in [2.75, 3.05) is 24.7 Å². The maximum Gasteiger partial charge on any atom is 0.352 e. The first-order valence-corrected chi connectivity index (χ1v) is 11.7. The van der Waals surface area contributed by atoms with Gasteiger partial charge in [-0.05, 0) is 18.4 Å². The van der Waals surface area contributed by atoms with Crippen LogP contribution in [-0.2, 0) is 28.8 Å². The van der Waals surface area contributed by atoms with E-state index in [0.29, 0.717) is 24.4 Å². The predicted octanol–water partition coefficient (Wildman–Crippen LogP) is -0.552. The van der Waals surface area contributed by atoms with E-state index in [4.69, 9.17) is 15.6 Å². The minimum Gasteiger partial charge on any atom is -0.479 e. The number of β-lactam (4-membered cyclic amide) rings is 1. The maximum atomic E-state index is 12.9. The van der Waals surface area contributed by atoms with E-state index in [1.54, 1.807) is 0 Å². The quantitative estimate of drug-likeness (QED) is 0.204. The number of aromatic nitrogens is 1. The molecular formula is C18H19N5O8S2. The Morgan fingerprint density at radius 2 is 2.18 bits per heavy atom. The van der Waals surface area contributed by atoms with E-state index in [0.717, 1.165) is 22.7 Å². The Hall–Kier alpha value is -3.17. The van der Waals surface area contributed by atoms with Gasteiger partial charge < -0.3 is 30.8 Å². The van der Waals surface area contributed by atoms with E-state index in [1.807, 2.05) is 0 Å². The standard InChI is InChI=1S/C18H19N5O8S2/c19-18-20-8(6-33-18)11(22-31-4-10(24)25)14(26)21-12-15(27)23-13(17(28)29)7(5-32-16(12)23)9-2-1-3-30-9/h6,9,12,16H,1-5H2,(H2,19,20)(H,21,26)(H,24,25)(H,28,29)/b22-11-/t9?,12-,16-/m1/s1. The molecular weight excluding hydrogens is 478 g/mol. The molecule has 4 rings (SSSR count). The van der Waals surface area contributed by atoms with Crippen LogP contribution in [0.4, 0.5) is 5.13 Å². The van der Waals surface area contributed by atoms with Crippen molar-refractivity contribution in [1.29, 1.82) is 0 Å². The number of carbonyl (C=O) groups excluding carboxylic acids is 2. The monoisotopic (exact) mass is 497 g/mol. The molecule has 4 heterocycles. The molecule has 0 bridgehead atoms. The van der Waals surface area contributed by atoms with Gasteiger partial charge in [0.2, 0.25) is 6.61 Å². The summed E-state index contributed by atoms with van der Waals surface area (Å²) in [5, 5.41) is 25.5. The van der Waals surface area contributed by atoms with Gasteiger partial charge in [-0.2, -0.15) is 0 Å². The number of nitrogens with zero attached hydrogens (tertiary/aromatic N) is 3. The van der Waals surface area contributed by atoms with Gasteiger partial charge in [0.1, 0.15) is 22.8 Å². The SMILES string of the molecule is Nc1nc(/C(=N/OCC(=O)O)C(=O)N[C@@H]2C(=O)N3C(C(=O)O)=C(C4CCCO4)CS[C@H]23)cs1. The lowest BCUT2D eigenvalue weighted by Crippen LogP contribution is -2.71. The number of aliphatic carboxylic acids is 2. The molecule has 0 saturated carbocycles. The zero-order valence-electron chi connectivity index (χ0n) is 16.9. The number of carboxylic acids is 2. The molecule has 0 aromatic carbocycles. The van der Waals surface area contributed by atoms with Gasteiger partial charge in [-0.15, -0.1) is 23.1 Å². The van der Waals surface area contributed by atoms with Crippen LogP contribution >= 0.6 is 23.1 Å². The number of hydrogen-bond donors (Lipinski definition) is 4. The molecule has 176 valence electrons. The number of fused-ring (bicyclic) bond motifs is 1. The van der Waals surface area contributed by atoms with Crippen LogP contribution in [0, 0.1) is 0 Å². The van der Waals surface area contributed by atoms with Gasteiger partial charge in [-0.25, -0.2) is 14.6 Å². The van der Waals surface area contributed by atoms with Crippen molar-refractivity contribution in [3.63, 3.8) is 0 Å². The summed E-state index contributed by atoms with van der Waals surface area (Å²) >= 11 is 2.36. The van der Waals surface area contributed by atoms with Gasteiger partial charge in [0.25, 0.3) is 11.8 Å². The second-order valence-corrected chi connectivity index (χ2v) is 9.21. The number of hydrogen-bond acceptors (Lipinski definition) is 11. The van der Waals surface area contributed by atoms with Crippen molar-refractivity contribution < 1.29 is 39.0 Å². The number of oxime groups is 1. The third-order valence-corrected chi connectivity index (χ3v) is 7.10. The maximum absolute atomic E-state index is 12.9. The zero-order valence-corrected chi connectivity index (χ0v) is 18.6. The molecule has 1 aromatic rings. The van der Waals surface area contributed by atoms with Crippen molar-refractivity contribution in [3.8, 4) is 0 Å². The Labute approximate surface area is 194 Å². The first kappa shape index (κ1) is 23.0. The molecule has 2 saturated heterocycles. The fourth-order valence-corrected chi connectivity index (χ4v) is 5.66. The lowest BCUT2D eigenvalue weighted by molar-refractivity contribution is -0.150. The number of thioether (sulfide) groups is 1. The Kier molecular flexibility index (Phi) is 6.53. The third-order valence-electron chi connectivity index (χ3n) is 5.13. The summed E-state index contributed by atoms with van der Waals surface area (Å²) in [4.78, 5) is 58.1. The number of nitrogen functional groups attached to an aromatic ring is 1. The number of carboxylic acid groups (broad SMARTS) is 2. The van der Waals surface area contributed by atoms with Crippen LogP contribution in [0.2, 0.25) is 0 Å². The summed E-state index contributed by atoms with van der Waals surface area (Å²) < 4.78 is 5.61. The molecule has 0 spiro atoms. The van der Waals surface area contributed by atoms with E-state index < -0.39 is 41.8 Å². The summed E-state index contributed by atoms with van der Waals surface area (Å²) in [6, 6.07) is -1.01. The Morgan fingerprint density at radius 3 is 2.79 bits per heavy atom. The fourth-order valence-electron chi connectivity index (χ4n) is 3.70. The Bertz CT molecular complexity index is 1060. The largest absolute Gasteiger partial charge is 0.479 e. The second kappa shape index (κ2) is 9.36. The normalized spacial score (nSPS) is 24.8. The molecule has 33 heavy (non-hydrogen) atoms. The highest BCUT2D eigenvalue weighted by Gasteiger charge is 2.55. The number of nitrogens with two attached hydrogens (primary N) is 1. The molecule has 1 unspecified atom stereocenters. The molecule has 0 radical (unpaired) electrons. The summed E-state index contributed by atoms with van der Waals surface area (Å²) in [5.41, 5.74) is 5.75. The molecule has 13 nitrogen and oxygen atoms in total. The van der Waals surface area contributed by atoms with Crippen LogP contribution in [0.15, 0.2) is 21.8 Å². The predicted molar refractivity (Wildman–Crippen MR) is 115 cm³/mol. The van der Waals surface area contributed by atoms with Gasteiger partial charge >= 0.3 is 11.9 Å². The van der Waals surface area contributed by atoms with E-state index in [-0.39, 0.29) is 28.3 Å². The van der Waals surface area contributed by atoms with Crippen LogP contribution in [0.5, 0.6) is 0 Å². The average molecular weight is 498 g/mol. The van der Waals surface area contributed by atoms with Crippen LogP contribution in [0.1, 0.15) is 18.5 Å². The number of ether oxygens (including phenoxy) is 1. The van der Waals surface area contributed by atoms with Crippen LogP contribution in [0.25, 0.3) is 0 Å². The van der Waals surface area contributed by atoms with Crippen molar-refractivity contribution in [2.45, 2.75) is 30.4 Å². The minimum atomic E-state index is -1.30. The smallest absolute Gasteiger partial charge is 0.352 e. The number of nitrogens with one attached hydrogen (secondary N) is 1. The number of rotatable bonds is 8. The number of thiazole rings is 1. The van der Waals surface area contributed by atoms with Crippen molar-refractivity contribution in [1.82, 2.24) is 15.2 Å². The van der Waals surface area contributed by atoms with Crippen LogP contribution in [0.3, 0.4) is 0 Å². The topological polar surface area (TPSA) is 194 Å². The van der Waals surface area contributed by atoms with Crippen molar-refractivity contribution >= 4 is 57.7 Å². The lowest BCUT2D eigenvalue weighted by atomic mass is 9.99. The average Bonchev–Trinajstić information content (AvgIpc) is 3.45. The summed E-state index contributed by atoms with van der Waals surface area (Å²) in [6.45, 7) is -0.251. The highest BCUT2D eigenvalue weighted by molar-refractivity contribution is 8.00. The van der Waals surface area contributed by atoms with Crippen molar-refractivity contribution in [3.05, 3.63) is 22.3 Å². The first-order valence-electron chi connectivity index (χ1n) is 9.74. The van der Waals surface area contributed by atoms with E-state index in [1.165, 1.54) is 17.1 Å². The molecule has 3 aliphatic rings. The van der Waals surface area contributed by atoms with E-state index in [2.05, 4.69) is 20.3 Å². The molecule has 3 atom stereocenters. The van der Waals surface area contributed by atoms with Crippen LogP contribution < -0.4 is 11.1 Å². The molecule has 15 heteroatoms. The van der Waals surface area contributed by atoms with E-state index >= 15 is 0 Å². The number of anilines is 1. The second-order valence-electron chi connectivity index (χ2n) is 7.22. The summed E-state index contributed by atoms with van der Waals surface area (Å²) in [5.74, 6) is -3.61. The molecule has 2 amide bonds.